The molecule has 2 amide bonds. The minimum atomic E-state index is -3.53. The van der Waals surface area contributed by atoms with Gasteiger partial charge in [-0.15, -0.1) is 0 Å². The summed E-state index contributed by atoms with van der Waals surface area (Å²) in [6.07, 6.45) is 5.61. The molecule has 0 bridgehead atoms. The summed E-state index contributed by atoms with van der Waals surface area (Å²) < 4.78 is 29.3. The maximum Gasteiger partial charge on any atom is 0.405 e. The Labute approximate surface area is 205 Å². The minimum absolute atomic E-state index is 0.0181. The molecule has 2 aromatic heterocycles. The fourth-order valence-corrected chi connectivity index (χ4v) is 5.17. The lowest BCUT2D eigenvalue weighted by atomic mass is 9.76. The zero-order valence-corrected chi connectivity index (χ0v) is 21.6. The molecule has 11 nitrogen and oxygen atoms in total. The molecule has 1 aliphatic carbocycles. The lowest BCUT2D eigenvalue weighted by Crippen LogP contribution is -2.36. The molecule has 3 rings (SSSR count). The van der Waals surface area contributed by atoms with Gasteiger partial charge in [-0.25, -0.2) is 28.2 Å². The van der Waals surface area contributed by atoms with E-state index < -0.39 is 21.5 Å². The summed E-state index contributed by atoms with van der Waals surface area (Å²) in [6.45, 7) is 7.44. The number of carbonyl (C=O) groups excluding carboxylic acids is 2. The van der Waals surface area contributed by atoms with Gasteiger partial charge in [-0.1, -0.05) is 12.8 Å². The van der Waals surface area contributed by atoms with E-state index in [0.717, 1.165) is 25.5 Å². The molecule has 0 unspecified atom stereocenters. The largest absolute Gasteiger partial charge is 0.444 e. The molecule has 35 heavy (non-hydrogen) atoms. The number of fused-ring (bicyclic) bond motifs is 1. The fraction of sp³-hybridized carbons (Fsp3) is 0.609. The van der Waals surface area contributed by atoms with Crippen molar-refractivity contribution in [3.63, 3.8) is 0 Å². The van der Waals surface area contributed by atoms with Crippen molar-refractivity contribution in [1.82, 2.24) is 15.0 Å². The number of amides is 2. The molecule has 12 heteroatoms. The Morgan fingerprint density at radius 2 is 1.97 bits per heavy atom. The average Bonchev–Trinajstić information content (AvgIpc) is 2.71. The maximum absolute atomic E-state index is 13.0. The van der Waals surface area contributed by atoms with Crippen LogP contribution in [0.25, 0.3) is 10.9 Å². The van der Waals surface area contributed by atoms with Gasteiger partial charge >= 0.3 is 6.09 Å². The number of hydrogen-bond acceptors (Lipinski definition) is 9. The van der Waals surface area contributed by atoms with Crippen molar-refractivity contribution in [1.29, 1.82) is 0 Å². The number of anilines is 2. The van der Waals surface area contributed by atoms with Crippen molar-refractivity contribution in [2.75, 3.05) is 16.9 Å². The first-order valence-corrected chi connectivity index (χ1v) is 13.6. The smallest absolute Gasteiger partial charge is 0.405 e. The highest BCUT2D eigenvalue weighted by molar-refractivity contribution is 7.90. The summed E-state index contributed by atoms with van der Waals surface area (Å²) in [5, 5.41) is 6.34. The Balaban J connectivity index is 1.78. The highest BCUT2D eigenvalue weighted by Crippen LogP contribution is 2.36. The summed E-state index contributed by atoms with van der Waals surface area (Å²) >= 11 is 0. The molecule has 0 radical (unpaired) electrons. The highest BCUT2D eigenvalue weighted by atomic mass is 32.2. The van der Waals surface area contributed by atoms with Gasteiger partial charge in [0, 0.05) is 29.8 Å². The Hall–Kier alpha value is -3.02. The van der Waals surface area contributed by atoms with E-state index in [2.05, 4.69) is 25.6 Å². The van der Waals surface area contributed by atoms with Crippen LogP contribution in [-0.4, -0.2) is 53.3 Å². The molecule has 192 valence electrons. The molecule has 2 aromatic rings. The van der Waals surface area contributed by atoms with Crippen LogP contribution in [0.5, 0.6) is 0 Å². The number of aromatic nitrogens is 3. The second-order valence-corrected chi connectivity index (χ2v) is 12.1. The molecule has 1 fully saturated rings. The Bertz CT molecular complexity index is 1210. The molecule has 0 saturated heterocycles. The van der Waals surface area contributed by atoms with E-state index in [-0.39, 0.29) is 34.8 Å². The zero-order valence-electron chi connectivity index (χ0n) is 20.8. The van der Waals surface area contributed by atoms with Crippen LogP contribution < -0.4 is 16.4 Å². The van der Waals surface area contributed by atoms with Crippen LogP contribution in [-0.2, 0) is 19.4 Å². The zero-order chi connectivity index (χ0) is 26.0. The molecular weight excluding hydrogens is 472 g/mol. The van der Waals surface area contributed by atoms with Crippen molar-refractivity contribution in [2.45, 2.75) is 76.5 Å². The predicted molar refractivity (Wildman–Crippen MR) is 133 cm³/mol. The van der Waals surface area contributed by atoms with Crippen LogP contribution in [0.2, 0.25) is 0 Å². The summed E-state index contributed by atoms with van der Waals surface area (Å²) in [5.74, 6) is 0.248. The third kappa shape index (κ3) is 7.23. The normalized spacial score (nSPS) is 18.9. The summed E-state index contributed by atoms with van der Waals surface area (Å²) in [4.78, 5) is 37.1. The number of pyridine rings is 1. The maximum atomic E-state index is 13.0. The first kappa shape index (κ1) is 26.6. The topological polar surface area (TPSA) is 166 Å². The fourth-order valence-electron chi connectivity index (χ4n) is 4.58. The third-order valence-corrected chi connectivity index (χ3v) is 6.86. The van der Waals surface area contributed by atoms with Gasteiger partial charge in [0.2, 0.25) is 11.9 Å². The Morgan fingerprint density at radius 1 is 1.26 bits per heavy atom. The molecular formula is C23H34N6O5S. The van der Waals surface area contributed by atoms with E-state index >= 15 is 0 Å². The van der Waals surface area contributed by atoms with Crippen molar-refractivity contribution in [3.05, 3.63) is 12.3 Å². The second-order valence-electron chi connectivity index (χ2n) is 10.1. The van der Waals surface area contributed by atoms with Crippen LogP contribution in [0.1, 0.15) is 59.8 Å². The molecule has 1 saturated carbocycles. The minimum Gasteiger partial charge on any atom is -0.444 e. The van der Waals surface area contributed by atoms with Gasteiger partial charge in [-0.05, 0) is 58.9 Å². The first-order chi connectivity index (χ1) is 16.2. The Morgan fingerprint density at radius 3 is 2.60 bits per heavy atom. The van der Waals surface area contributed by atoms with Gasteiger partial charge in [0.05, 0.1) is 0 Å². The van der Waals surface area contributed by atoms with E-state index in [1.54, 1.807) is 0 Å². The SMILES string of the molecule is CC(C)Nc1nc(S(C)(=O)=O)cc2cnc(NC(=O)[C@H]3CCC[C@@H](CC(C)(C)OC(N)=O)C3)nc12. The van der Waals surface area contributed by atoms with Crippen molar-refractivity contribution in [3.8, 4) is 0 Å². The second kappa shape index (κ2) is 10.3. The van der Waals surface area contributed by atoms with Gasteiger partial charge in [0.25, 0.3) is 0 Å². The monoisotopic (exact) mass is 506 g/mol. The number of nitrogens with two attached hydrogens (primary N) is 1. The number of carbonyl (C=O) groups is 2. The molecule has 0 aliphatic heterocycles. The van der Waals surface area contributed by atoms with E-state index in [4.69, 9.17) is 10.5 Å². The van der Waals surface area contributed by atoms with Gasteiger partial charge in [-0.3, -0.25) is 10.1 Å². The first-order valence-electron chi connectivity index (χ1n) is 11.7. The molecule has 4 N–H and O–H groups in total. The third-order valence-electron chi connectivity index (χ3n) is 5.89. The molecule has 0 spiro atoms. The van der Waals surface area contributed by atoms with Gasteiger partial charge in [0.1, 0.15) is 11.1 Å². The summed E-state index contributed by atoms with van der Waals surface area (Å²) in [5.41, 5.74) is 4.89. The van der Waals surface area contributed by atoms with Crippen molar-refractivity contribution in [2.24, 2.45) is 17.6 Å². The molecule has 2 atom stereocenters. The molecule has 0 aromatic carbocycles. The quantitative estimate of drug-likeness (QED) is 0.487. The van der Waals surface area contributed by atoms with Crippen LogP contribution in [0.3, 0.4) is 0 Å². The Kier molecular flexibility index (Phi) is 7.83. The van der Waals surface area contributed by atoms with Gasteiger partial charge in [-0.2, -0.15) is 0 Å². The predicted octanol–water partition coefficient (Wildman–Crippen LogP) is 3.26. The summed E-state index contributed by atoms with van der Waals surface area (Å²) in [7, 11) is -3.53. The highest BCUT2D eigenvalue weighted by Gasteiger charge is 2.33. The van der Waals surface area contributed by atoms with Crippen molar-refractivity contribution < 1.29 is 22.7 Å². The number of nitrogens with one attached hydrogen (secondary N) is 2. The number of sulfone groups is 1. The van der Waals surface area contributed by atoms with E-state index in [1.165, 1.54) is 12.3 Å². The number of ether oxygens (including phenoxy) is 1. The van der Waals surface area contributed by atoms with Gasteiger partial charge in [0.15, 0.2) is 20.7 Å². The van der Waals surface area contributed by atoms with Gasteiger partial charge < -0.3 is 15.8 Å². The lowest BCUT2D eigenvalue weighted by Gasteiger charge is -2.33. The van der Waals surface area contributed by atoms with Crippen LogP contribution in [0, 0.1) is 11.8 Å². The van der Waals surface area contributed by atoms with Crippen molar-refractivity contribution >= 4 is 44.5 Å². The van der Waals surface area contributed by atoms with Crippen LogP contribution >= 0.6 is 0 Å². The van der Waals surface area contributed by atoms with E-state index in [1.807, 2.05) is 27.7 Å². The van der Waals surface area contributed by atoms with E-state index in [0.29, 0.717) is 29.6 Å². The average molecular weight is 507 g/mol. The number of rotatable bonds is 8. The van der Waals surface area contributed by atoms with Crippen LogP contribution in [0.15, 0.2) is 17.3 Å². The summed E-state index contributed by atoms with van der Waals surface area (Å²) in [6, 6.07) is 1.40. The lowest BCUT2D eigenvalue weighted by molar-refractivity contribution is -0.121. The molecule has 2 heterocycles. The standard InChI is InChI=1S/C23H34N6O5S/c1-13(2)26-19-18-16(10-17(27-19)35(5,32)33)12-25-22(28-18)29-20(30)15-8-6-7-14(9-15)11-23(3,4)34-21(24)31/h10,12-15H,6-9,11H2,1-5H3,(H2,24,31)(H,26,27)(H,25,28,29,30)/t14-,15+/m1/s1. The number of hydrogen-bond donors (Lipinski definition) is 3. The number of nitrogens with zero attached hydrogens (tertiary/aromatic N) is 3. The molecule has 1 aliphatic rings. The van der Waals surface area contributed by atoms with E-state index in [9.17, 15) is 18.0 Å². The van der Waals surface area contributed by atoms with Crippen LogP contribution in [0.4, 0.5) is 16.6 Å². The number of primary amides is 1.